The molecule has 0 bridgehead atoms. The first-order valence-corrected chi connectivity index (χ1v) is 13.0. The summed E-state index contributed by atoms with van der Waals surface area (Å²) in [5, 5.41) is 1.93. The first-order valence-electron chi connectivity index (χ1n) is 11.4. The molecule has 200 valence electrons. The van der Waals surface area contributed by atoms with Gasteiger partial charge in [-0.1, -0.05) is 0 Å². The van der Waals surface area contributed by atoms with E-state index in [4.69, 9.17) is 14.2 Å². The van der Waals surface area contributed by atoms with Crippen LogP contribution in [-0.4, -0.2) is 58.7 Å². The average Bonchev–Trinajstić information content (AvgIpc) is 3.40. The number of esters is 3. The summed E-state index contributed by atoms with van der Waals surface area (Å²) in [4.78, 5) is 62.1. The van der Waals surface area contributed by atoms with Crippen LogP contribution in [0.5, 0.6) is 0 Å². The quantitative estimate of drug-likeness (QED) is 0.325. The van der Waals surface area contributed by atoms with Crippen molar-refractivity contribution in [3.8, 4) is 0 Å². The number of ether oxygens (including phenoxy) is 3. The number of H-pyrrole nitrogens is 1. The van der Waals surface area contributed by atoms with Crippen LogP contribution < -0.4 is 16.0 Å². The highest BCUT2D eigenvalue weighted by atomic mass is 32.2. The molecule has 2 N–H and O–H groups in total. The summed E-state index contributed by atoms with van der Waals surface area (Å²) in [7, 11) is 2.39. The number of amidine groups is 1. The molecule has 1 fully saturated rings. The summed E-state index contributed by atoms with van der Waals surface area (Å²) in [6.45, 7) is 5.69. The lowest BCUT2D eigenvalue weighted by Crippen LogP contribution is -2.55. The number of aromatic amines is 1. The van der Waals surface area contributed by atoms with E-state index in [9.17, 15) is 19.2 Å². The number of fused-ring (bicyclic) bond motifs is 1. The van der Waals surface area contributed by atoms with Gasteiger partial charge in [0.15, 0.2) is 5.17 Å². The smallest absolute Gasteiger partial charge is 0.345 e. The Labute approximate surface area is 225 Å². The molecule has 1 aliphatic heterocycles. The molecule has 2 aromatic heterocycles. The molecule has 12 nitrogen and oxygen atoms in total. The van der Waals surface area contributed by atoms with E-state index in [1.807, 2.05) is 13.8 Å². The maximum Gasteiger partial charge on any atom is 0.345 e. The first kappa shape index (κ1) is 27.1. The Balaban J connectivity index is 1.80. The van der Waals surface area contributed by atoms with Crippen LogP contribution in [0.2, 0.25) is 0 Å². The fraction of sp³-hybridized carbons (Fsp3) is 0.333. The fourth-order valence-electron chi connectivity index (χ4n) is 3.79. The van der Waals surface area contributed by atoms with Crippen LogP contribution in [0.3, 0.4) is 0 Å². The van der Waals surface area contributed by atoms with Gasteiger partial charge in [-0.3, -0.25) is 20.0 Å². The van der Waals surface area contributed by atoms with Gasteiger partial charge in [0, 0.05) is 4.88 Å². The third-order valence-electron chi connectivity index (χ3n) is 5.80. The van der Waals surface area contributed by atoms with Crippen molar-refractivity contribution >= 4 is 68.0 Å². The van der Waals surface area contributed by atoms with Crippen LogP contribution in [-0.2, 0) is 23.8 Å². The number of carbonyl (C=O) groups is 3. The lowest BCUT2D eigenvalue weighted by molar-refractivity contribution is -0.150. The molecule has 3 heterocycles. The number of thiophene rings is 1. The molecule has 0 spiro atoms. The number of hydrogen-bond acceptors (Lipinski definition) is 12. The standard InChI is InChI=1S/C24H25N5O7S2/c1-6-36-20(32)14-7-9-15(10-8-14)25-23-28-29(24(38-23,21(33)35-5)11-16(30)34-4)22-26-18(31)17-12(2)13(3)37-19(17)27-22/h7-10H,6,11H2,1-5H3,(H,25,28)(H,26,27,31). The van der Waals surface area contributed by atoms with Gasteiger partial charge < -0.3 is 14.2 Å². The zero-order valence-corrected chi connectivity index (χ0v) is 22.9. The van der Waals surface area contributed by atoms with Crippen LogP contribution >= 0.6 is 23.1 Å². The second kappa shape index (κ2) is 10.8. The van der Waals surface area contributed by atoms with Gasteiger partial charge in [0.05, 0.1) is 43.9 Å². The van der Waals surface area contributed by atoms with Gasteiger partial charge in [0.25, 0.3) is 5.56 Å². The monoisotopic (exact) mass is 559 g/mol. The van der Waals surface area contributed by atoms with Gasteiger partial charge in [-0.05, 0) is 62.4 Å². The summed E-state index contributed by atoms with van der Waals surface area (Å²) in [5.41, 5.74) is 4.21. The highest BCUT2D eigenvalue weighted by Gasteiger charge is 2.56. The molecule has 0 radical (unpaired) electrons. The van der Waals surface area contributed by atoms with Crippen LogP contribution in [0.1, 0.15) is 34.1 Å². The maximum atomic E-state index is 13.2. The Hall–Kier alpha value is -3.91. The van der Waals surface area contributed by atoms with Gasteiger partial charge >= 0.3 is 17.9 Å². The van der Waals surface area contributed by atoms with E-state index in [2.05, 4.69) is 20.4 Å². The van der Waals surface area contributed by atoms with E-state index in [0.29, 0.717) is 21.5 Å². The number of methoxy groups -OCH3 is 2. The Bertz CT molecular complexity index is 1500. The lowest BCUT2D eigenvalue weighted by atomic mass is 10.2. The molecule has 14 heteroatoms. The zero-order valence-electron chi connectivity index (χ0n) is 21.2. The minimum atomic E-state index is -1.74. The summed E-state index contributed by atoms with van der Waals surface area (Å²) < 4.78 is 14.9. The topological polar surface area (TPSA) is 152 Å². The zero-order chi connectivity index (χ0) is 27.6. The van der Waals surface area contributed by atoms with E-state index in [1.165, 1.54) is 30.6 Å². The number of nitrogens with zero attached hydrogens (tertiary/aromatic N) is 3. The number of hydrogen-bond donors (Lipinski definition) is 2. The number of aryl methyl sites for hydroxylation is 2. The molecule has 1 aromatic carbocycles. The number of rotatable bonds is 7. The van der Waals surface area contributed by atoms with E-state index < -0.39 is 34.8 Å². The Morgan fingerprint density at radius 2 is 1.84 bits per heavy atom. The highest BCUT2D eigenvalue weighted by molar-refractivity contribution is 8.16. The number of thioether (sulfide) groups is 1. The van der Waals surface area contributed by atoms with Crippen molar-refractivity contribution < 1.29 is 28.6 Å². The van der Waals surface area contributed by atoms with Gasteiger partial charge in [-0.2, -0.15) is 0 Å². The summed E-state index contributed by atoms with van der Waals surface area (Å²) in [6, 6.07) is 6.33. The molecule has 4 rings (SSSR count). The number of hydrazine groups is 1. The van der Waals surface area contributed by atoms with Gasteiger partial charge in [-0.25, -0.2) is 24.6 Å². The average molecular weight is 560 g/mol. The molecule has 0 saturated carbocycles. The van der Waals surface area contributed by atoms with E-state index in [0.717, 1.165) is 22.2 Å². The maximum absolute atomic E-state index is 13.2. The molecular formula is C24H25N5O7S2. The van der Waals surface area contributed by atoms with E-state index in [-0.39, 0.29) is 17.7 Å². The van der Waals surface area contributed by atoms with Gasteiger partial charge in [0.2, 0.25) is 10.8 Å². The van der Waals surface area contributed by atoms with E-state index in [1.54, 1.807) is 31.2 Å². The minimum Gasteiger partial charge on any atom is -0.469 e. The summed E-state index contributed by atoms with van der Waals surface area (Å²) >= 11 is 2.25. The first-order chi connectivity index (χ1) is 18.1. The van der Waals surface area contributed by atoms with E-state index >= 15 is 0 Å². The molecule has 1 atom stereocenters. The largest absolute Gasteiger partial charge is 0.469 e. The lowest BCUT2D eigenvalue weighted by Gasteiger charge is -2.32. The van der Waals surface area contributed by atoms with Crippen molar-refractivity contribution in [2.45, 2.75) is 32.1 Å². The molecule has 3 aromatic rings. The van der Waals surface area contributed by atoms with Gasteiger partial charge in [-0.15, -0.1) is 11.3 Å². The van der Waals surface area contributed by atoms with Crippen LogP contribution in [0, 0.1) is 13.8 Å². The number of aliphatic imine (C=N–C) groups is 1. The van der Waals surface area contributed by atoms with Crippen molar-refractivity contribution in [2.24, 2.45) is 4.99 Å². The molecule has 1 unspecified atom stereocenters. The third-order valence-corrected chi connectivity index (χ3v) is 8.11. The highest BCUT2D eigenvalue weighted by Crippen LogP contribution is 2.42. The summed E-state index contributed by atoms with van der Waals surface area (Å²) in [6.07, 6.45) is -0.446. The van der Waals surface area contributed by atoms with Crippen molar-refractivity contribution in [3.05, 3.63) is 50.6 Å². The van der Waals surface area contributed by atoms with Crippen molar-refractivity contribution in [1.82, 2.24) is 15.4 Å². The molecule has 0 aliphatic carbocycles. The van der Waals surface area contributed by atoms with Crippen molar-refractivity contribution in [1.29, 1.82) is 0 Å². The number of benzene rings is 1. The van der Waals surface area contributed by atoms with Crippen molar-refractivity contribution in [3.63, 3.8) is 0 Å². The minimum absolute atomic E-state index is 0.00610. The Morgan fingerprint density at radius 1 is 1.13 bits per heavy atom. The SMILES string of the molecule is CCOC(=O)c1ccc(N=C2NN(c3nc4sc(C)c(C)c4c(=O)[nH]3)C(CC(=O)OC)(C(=O)OC)S2)cc1. The molecule has 1 saturated heterocycles. The second-order valence-corrected chi connectivity index (χ2v) is 10.6. The summed E-state index contributed by atoms with van der Waals surface area (Å²) in [5.74, 6) is -1.95. The molecular weight excluding hydrogens is 534 g/mol. The number of aromatic nitrogens is 2. The molecule has 1 aliphatic rings. The second-order valence-electron chi connectivity index (χ2n) is 8.12. The number of anilines is 1. The van der Waals surface area contributed by atoms with Crippen LogP contribution in [0.4, 0.5) is 11.6 Å². The number of nitrogens with one attached hydrogen (secondary N) is 2. The molecule has 0 amide bonds. The third kappa shape index (κ3) is 4.96. The predicted octanol–water partition coefficient (Wildman–Crippen LogP) is 2.96. The molecule has 38 heavy (non-hydrogen) atoms. The fourth-order valence-corrected chi connectivity index (χ4v) is 6.00. The Kier molecular flexibility index (Phi) is 7.73. The number of carbonyl (C=O) groups excluding carboxylic acids is 3. The predicted molar refractivity (Wildman–Crippen MR) is 144 cm³/mol. The van der Waals surface area contributed by atoms with Crippen molar-refractivity contribution in [2.75, 3.05) is 25.8 Å². The van der Waals surface area contributed by atoms with Gasteiger partial charge in [0.1, 0.15) is 4.83 Å². The van der Waals surface area contributed by atoms with Crippen LogP contribution in [0.25, 0.3) is 10.2 Å². The normalized spacial score (nSPS) is 17.9. The van der Waals surface area contributed by atoms with Crippen LogP contribution in [0.15, 0.2) is 34.1 Å². The Morgan fingerprint density at radius 3 is 2.47 bits per heavy atom.